The van der Waals surface area contributed by atoms with Gasteiger partial charge in [-0.25, -0.2) is 4.98 Å². The second-order valence-corrected chi connectivity index (χ2v) is 6.16. The largest absolute Gasteiger partial charge is 0.399 e. The van der Waals surface area contributed by atoms with E-state index in [2.05, 4.69) is 15.4 Å². The lowest BCUT2D eigenvalue weighted by Crippen LogP contribution is -2.19. The Balaban J connectivity index is 1.77. The van der Waals surface area contributed by atoms with Crippen LogP contribution in [0.4, 0.5) is 10.8 Å². The van der Waals surface area contributed by atoms with Crippen LogP contribution in [0.1, 0.15) is 22.3 Å². The number of carbonyl (C=O) groups is 2. The topological polar surface area (TPSA) is 103 Å². The predicted molar refractivity (Wildman–Crippen MR) is 89.6 cm³/mol. The number of thiazole rings is 1. The maximum atomic E-state index is 12.2. The Kier molecular flexibility index (Phi) is 3.83. The van der Waals surface area contributed by atoms with Gasteiger partial charge in [-0.2, -0.15) is 5.10 Å². The van der Waals surface area contributed by atoms with E-state index in [1.54, 1.807) is 29.9 Å². The van der Waals surface area contributed by atoms with Crippen molar-refractivity contribution in [2.75, 3.05) is 11.1 Å². The average molecular weight is 329 g/mol. The molecule has 3 N–H and O–H groups in total. The van der Waals surface area contributed by atoms with Crippen LogP contribution >= 0.6 is 11.3 Å². The molecule has 3 rings (SSSR count). The lowest BCUT2D eigenvalue weighted by atomic mass is 10.2. The summed E-state index contributed by atoms with van der Waals surface area (Å²) in [7, 11) is 0. The lowest BCUT2D eigenvalue weighted by Gasteiger charge is -2.04. The summed E-state index contributed by atoms with van der Waals surface area (Å²) in [5.74, 6) is -0.324. The van der Waals surface area contributed by atoms with Gasteiger partial charge in [0.2, 0.25) is 5.91 Å². The van der Waals surface area contributed by atoms with Crippen molar-refractivity contribution in [1.29, 1.82) is 0 Å². The Morgan fingerprint density at radius 2 is 2.17 bits per heavy atom. The van der Waals surface area contributed by atoms with Crippen molar-refractivity contribution < 1.29 is 9.59 Å². The van der Waals surface area contributed by atoms with Crippen LogP contribution in [0.5, 0.6) is 0 Å². The third-order valence-corrected chi connectivity index (χ3v) is 4.50. The number of fused-ring (bicyclic) bond motifs is 1. The Hall–Kier alpha value is -2.74. The molecule has 0 atom stereocenters. The highest BCUT2D eigenvalue weighted by Gasteiger charge is 2.14. The molecule has 7 nitrogen and oxygen atoms in total. The SMILES string of the molecule is CC(=O)c1sc(NC(=O)Cn2ncc3ccc(N)cc32)nc1C. The number of nitrogen functional groups attached to an aromatic ring is 1. The summed E-state index contributed by atoms with van der Waals surface area (Å²) < 4.78 is 1.58. The van der Waals surface area contributed by atoms with Crippen molar-refractivity contribution in [3.8, 4) is 0 Å². The molecule has 1 aromatic carbocycles. The number of carbonyl (C=O) groups excluding carboxylic acids is 2. The summed E-state index contributed by atoms with van der Waals surface area (Å²) >= 11 is 1.17. The molecule has 0 saturated carbocycles. The molecule has 8 heteroatoms. The van der Waals surface area contributed by atoms with E-state index in [9.17, 15) is 9.59 Å². The van der Waals surface area contributed by atoms with E-state index in [1.807, 2.05) is 6.07 Å². The number of anilines is 2. The molecule has 0 aliphatic heterocycles. The molecule has 0 aliphatic rings. The van der Waals surface area contributed by atoms with Crippen molar-refractivity contribution in [3.63, 3.8) is 0 Å². The van der Waals surface area contributed by atoms with E-state index < -0.39 is 0 Å². The number of aryl methyl sites for hydroxylation is 1. The maximum absolute atomic E-state index is 12.2. The zero-order valence-electron chi connectivity index (χ0n) is 12.7. The molecule has 0 bridgehead atoms. The molecule has 0 radical (unpaired) electrons. The first-order valence-electron chi connectivity index (χ1n) is 6.93. The monoisotopic (exact) mass is 329 g/mol. The normalized spacial score (nSPS) is 10.9. The smallest absolute Gasteiger partial charge is 0.247 e. The van der Waals surface area contributed by atoms with Crippen molar-refractivity contribution >= 4 is 44.7 Å². The molecule has 23 heavy (non-hydrogen) atoms. The number of amides is 1. The number of rotatable bonds is 4. The number of nitrogens with one attached hydrogen (secondary N) is 1. The maximum Gasteiger partial charge on any atom is 0.247 e. The van der Waals surface area contributed by atoms with Crippen molar-refractivity contribution in [3.05, 3.63) is 35.0 Å². The number of hydrogen-bond acceptors (Lipinski definition) is 6. The van der Waals surface area contributed by atoms with E-state index in [4.69, 9.17) is 5.73 Å². The second-order valence-electron chi connectivity index (χ2n) is 5.16. The fourth-order valence-corrected chi connectivity index (χ4v) is 3.16. The molecule has 0 fully saturated rings. The van der Waals surface area contributed by atoms with Gasteiger partial charge in [-0.15, -0.1) is 0 Å². The van der Waals surface area contributed by atoms with Gasteiger partial charge in [0.25, 0.3) is 0 Å². The summed E-state index contributed by atoms with van der Waals surface area (Å²) in [5.41, 5.74) is 7.80. The minimum absolute atomic E-state index is 0.0426. The molecule has 3 aromatic rings. The molecule has 118 valence electrons. The van der Waals surface area contributed by atoms with Gasteiger partial charge in [-0.3, -0.25) is 14.3 Å². The number of benzene rings is 1. The fraction of sp³-hybridized carbons (Fsp3) is 0.200. The van der Waals surface area contributed by atoms with Gasteiger partial charge >= 0.3 is 0 Å². The van der Waals surface area contributed by atoms with Crippen molar-refractivity contribution in [2.45, 2.75) is 20.4 Å². The number of nitrogens with two attached hydrogens (primary N) is 1. The third kappa shape index (κ3) is 3.07. The summed E-state index contributed by atoms with van der Waals surface area (Å²) in [6.07, 6.45) is 1.68. The van der Waals surface area contributed by atoms with E-state index in [-0.39, 0.29) is 18.2 Å². The first-order valence-corrected chi connectivity index (χ1v) is 7.75. The molecule has 1 amide bonds. The van der Waals surface area contributed by atoms with Crippen LogP contribution < -0.4 is 11.1 Å². The third-order valence-electron chi connectivity index (χ3n) is 3.32. The summed E-state index contributed by atoms with van der Waals surface area (Å²) in [6.45, 7) is 3.26. The summed E-state index contributed by atoms with van der Waals surface area (Å²) in [6, 6.07) is 5.42. The highest BCUT2D eigenvalue weighted by molar-refractivity contribution is 7.17. The zero-order valence-corrected chi connectivity index (χ0v) is 13.5. The van der Waals surface area contributed by atoms with Crippen LogP contribution in [0.15, 0.2) is 24.4 Å². The Labute approximate surface area is 136 Å². The van der Waals surface area contributed by atoms with E-state index in [0.717, 1.165) is 10.9 Å². The summed E-state index contributed by atoms with van der Waals surface area (Å²) in [5, 5.41) is 8.22. The fourth-order valence-electron chi connectivity index (χ4n) is 2.28. The van der Waals surface area contributed by atoms with Gasteiger partial charge in [0.15, 0.2) is 10.9 Å². The first kappa shape index (κ1) is 15.2. The molecule has 0 aliphatic carbocycles. The highest BCUT2D eigenvalue weighted by atomic mass is 32.1. The van der Waals surface area contributed by atoms with Gasteiger partial charge in [-0.1, -0.05) is 11.3 Å². The van der Waals surface area contributed by atoms with Crippen LogP contribution in [-0.4, -0.2) is 26.5 Å². The molecule has 0 saturated heterocycles. The Morgan fingerprint density at radius 1 is 1.39 bits per heavy atom. The number of hydrogen-bond donors (Lipinski definition) is 2. The zero-order chi connectivity index (χ0) is 16.6. The van der Waals surface area contributed by atoms with Gasteiger partial charge in [0.1, 0.15) is 6.54 Å². The van der Waals surface area contributed by atoms with Crippen molar-refractivity contribution in [2.24, 2.45) is 0 Å². The molecule has 2 aromatic heterocycles. The minimum atomic E-state index is -0.263. The van der Waals surface area contributed by atoms with E-state index in [0.29, 0.717) is 21.4 Å². The number of aromatic nitrogens is 3. The Bertz CT molecular complexity index is 912. The van der Waals surface area contributed by atoms with E-state index >= 15 is 0 Å². The number of nitrogens with zero attached hydrogens (tertiary/aromatic N) is 3. The lowest BCUT2D eigenvalue weighted by molar-refractivity contribution is -0.116. The molecular weight excluding hydrogens is 314 g/mol. The van der Waals surface area contributed by atoms with Gasteiger partial charge < -0.3 is 11.1 Å². The molecule has 2 heterocycles. The van der Waals surface area contributed by atoms with E-state index in [1.165, 1.54) is 18.3 Å². The van der Waals surface area contributed by atoms with Gasteiger partial charge in [0, 0.05) is 18.0 Å². The van der Waals surface area contributed by atoms with Crippen LogP contribution in [0.3, 0.4) is 0 Å². The van der Waals surface area contributed by atoms with Crippen LogP contribution in [-0.2, 0) is 11.3 Å². The van der Waals surface area contributed by atoms with Gasteiger partial charge in [0.05, 0.1) is 22.3 Å². The quantitative estimate of drug-likeness (QED) is 0.564. The second kappa shape index (κ2) is 5.81. The van der Waals surface area contributed by atoms with Crippen molar-refractivity contribution in [1.82, 2.24) is 14.8 Å². The number of Topliss-reactive ketones (excluding diaryl/α,β-unsaturated/α-hetero) is 1. The first-order chi connectivity index (χ1) is 10.9. The Morgan fingerprint density at radius 3 is 2.87 bits per heavy atom. The van der Waals surface area contributed by atoms with Crippen LogP contribution in [0.25, 0.3) is 10.9 Å². The molecular formula is C15H15N5O2S. The standard InChI is InChI=1S/C15H15N5O2S/c1-8-14(9(2)21)23-15(18-8)19-13(22)7-20-12-5-11(16)4-3-10(12)6-17-20/h3-6H,7,16H2,1-2H3,(H,18,19,22). The molecule has 0 unspecified atom stereocenters. The van der Waals surface area contributed by atoms with Crippen LogP contribution in [0.2, 0.25) is 0 Å². The van der Waals surface area contributed by atoms with Gasteiger partial charge in [-0.05, 0) is 25.1 Å². The highest BCUT2D eigenvalue weighted by Crippen LogP contribution is 2.23. The average Bonchev–Trinajstić information content (AvgIpc) is 3.03. The number of ketones is 1. The summed E-state index contributed by atoms with van der Waals surface area (Å²) in [4.78, 5) is 28.4. The minimum Gasteiger partial charge on any atom is -0.399 e. The molecule has 0 spiro atoms. The van der Waals surface area contributed by atoms with Crippen LogP contribution in [0, 0.1) is 6.92 Å². The predicted octanol–water partition coefficient (Wildman–Crippen LogP) is 2.22.